The number of sulfone groups is 1. The van der Waals surface area contributed by atoms with Crippen LogP contribution in [0, 0.1) is 5.82 Å². The highest BCUT2D eigenvalue weighted by atomic mass is 32.2. The van der Waals surface area contributed by atoms with Crippen molar-refractivity contribution in [2.24, 2.45) is 0 Å². The number of rotatable bonds is 4. The van der Waals surface area contributed by atoms with Gasteiger partial charge in [0.25, 0.3) is 0 Å². The lowest BCUT2D eigenvalue weighted by Crippen LogP contribution is -2.44. The van der Waals surface area contributed by atoms with E-state index in [0.29, 0.717) is 0 Å². The van der Waals surface area contributed by atoms with Gasteiger partial charge in [-0.25, -0.2) is 22.0 Å². The van der Waals surface area contributed by atoms with Gasteiger partial charge in [0.15, 0.2) is 0 Å². The van der Waals surface area contributed by atoms with Crippen molar-refractivity contribution in [2.45, 2.75) is 36.3 Å². The van der Waals surface area contributed by atoms with E-state index in [9.17, 15) is 17.6 Å². The van der Waals surface area contributed by atoms with Crippen LogP contribution in [0.15, 0.2) is 59.5 Å². The summed E-state index contributed by atoms with van der Waals surface area (Å²) in [5, 5.41) is -3.50. The molecule has 1 unspecified atom stereocenters. The molecule has 2 aromatic rings. The molecule has 134 valence electrons. The SMILES string of the molecule is CC(C)(C)OC(=O)C(F)(c1ccc(F)cc1)S(=O)(=O)c1ccccc1. The fraction of sp³-hybridized carbons (Fsp3) is 0.278. The summed E-state index contributed by atoms with van der Waals surface area (Å²) < 4.78 is 59.8. The summed E-state index contributed by atoms with van der Waals surface area (Å²) in [5.74, 6) is -2.26. The van der Waals surface area contributed by atoms with Crippen LogP contribution >= 0.6 is 0 Å². The topological polar surface area (TPSA) is 60.4 Å². The van der Waals surface area contributed by atoms with Crippen molar-refractivity contribution in [3.05, 3.63) is 66.0 Å². The summed E-state index contributed by atoms with van der Waals surface area (Å²) in [6, 6.07) is 10.3. The zero-order valence-electron chi connectivity index (χ0n) is 14.0. The number of carbonyl (C=O) groups excluding carboxylic acids is 1. The lowest BCUT2D eigenvalue weighted by molar-refractivity contribution is -0.164. The number of halogens is 2. The van der Waals surface area contributed by atoms with E-state index in [4.69, 9.17) is 4.74 Å². The fourth-order valence-corrected chi connectivity index (χ4v) is 3.70. The molecule has 0 N–H and O–H groups in total. The molecule has 0 aliphatic rings. The molecule has 2 rings (SSSR count). The highest BCUT2D eigenvalue weighted by Gasteiger charge is 2.56. The molecule has 0 fully saturated rings. The molecular weight excluding hydrogens is 350 g/mol. The van der Waals surface area contributed by atoms with Crippen molar-refractivity contribution in [1.29, 1.82) is 0 Å². The van der Waals surface area contributed by atoms with Gasteiger partial charge in [0, 0.05) is 5.56 Å². The molecule has 0 aliphatic heterocycles. The van der Waals surface area contributed by atoms with Crippen molar-refractivity contribution >= 4 is 15.8 Å². The van der Waals surface area contributed by atoms with E-state index in [2.05, 4.69) is 0 Å². The second-order valence-corrected chi connectivity index (χ2v) is 8.46. The monoisotopic (exact) mass is 368 g/mol. The largest absolute Gasteiger partial charge is 0.457 e. The maximum Gasteiger partial charge on any atom is 0.365 e. The van der Waals surface area contributed by atoms with Crippen LogP contribution in [-0.2, 0) is 24.4 Å². The van der Waals surface area contributed by atoms with Gasteiger partial charge in [0.05, 0.1) is 4.90 Å². The van der Waals surface area contributed by atoms with Gasteiger partial charge in [0.1, 0.15) is 11.4 Å². The van der Waals surface area contributed by atoms with Crippen LogP contribution in [0.2, 0.25) is 0 Å². The zero-order valence-corrected chi connectivity index (χ0v) is 14.8. The normalized spacial score (nSPS) is 14.6. The maximum atomic E-state index is 15.9. The number of benzene rings is 2. The van der Waals surface area contributed by atoms with E-state index in [0.717, 1.165) is 24.3 Å². The summed E-state index contributed by atoms with van der Waals surface area (Å²) in [5.41, 5.74) is -1.63. The quantitative estimate of drug-likeness (QED) is 0.771. The van der Waals surface area contributed by atoms with Crippen LogP contribution in [0.1, 0.15) is 26.3 Å². The van der Waals surface area contributed by atoms with Crippen LogP contribution < -0.4 is 0 Å². The highest BCUT2D eigenvalue weighted by molar-refractivity contribution is 7.93. The van der Waals surface area contributed by atoms with Crippen molar-refractivity contribution in [1.82, 2.24) is 0 Å². The summed E-state index contributed by atoms with van der Waals surface area (Å²) in [6.07, 6.45) is 0. The number of alkyl halides is 1. The molecule has 0 spiro atoms. The number of hydrogen-bond donors (Lipinski definition) is 0. The molecule has 7 heteroatoms. The first-order valence-electron chi connectivity index (χ1n) is 7.46. The summed E-state index contributed by atoms with van der Waals surface area (Å²) in [6.45, 7) is 4.47. The van der Waals surface area contributed by atoms with Crippen LogP contribution in [0.3, 0.4) is 0 Å². The molecule has 2 aromatic carbocycles. The summed E-state index contributed by atoms with van der Waals surface area (Å²) >= 11 is 0. The van der Waals surface area contributed by atoms with E-state index in [1.54, 1.807) is 6.07 Å². The standard InChI is InChI=1S/C18H18F2O4S/c1-17(2,3)24-16(21)18(20,13-9-11-14(19)12-10-13)25(22,23)15-7-5-4-6-8-15/h4-12H,1-3H3. The Hall–Kier alpha value is -2.28. The van der Waals surface area contributed by atoms with E-state index in [-0.39, 0.29) is 4.90 Å². The molecule has 0 saturated carbocycles. The molecule has 0 radical (unpaired) electrons. The van der Waals surface area contributed by atoms with Gasteiger partial charge in [-0.05, 0) is 45.0 Å². The minimum absolute atomic E-state index is 0.382. The van der Waals surface area contributed by atoms with Crippen molar-refractivity contribution in [2.75, 3.05) is 0 Å². The Bertz CT molecular complexity index is 856. The maximum absolute atomic E-state index is 15.9. The minimum Gasteiger partial charge on any atom is -0.457 e. The van der Waals surface area contributed by atoms with E-state index < -0.39 is 37.8 Å². The molecule has 4 nitrogen and oxygen atoms in total. The van der Waals surface area contributed by atoms with E-state index >= 15 is 4.39 Å². The summed E-state index contributed by atoms with van der Waals surface area (Å²) in [7, 11) is -4.80. The van der Waals surface area contributed by atoms with E-state index in [1.165, 1.54) is 45.0 Å². The number of ether oxygens (including phenoxy) is 1. The first-order valence-corrected chi connectivity index (χ1v) is 8.95. The Morgan fingerprint density at radius 3 is 1.96 bits per heavy atom. The predicted octanol–water partition coefficient (Wildman–Crippen LogP) is 3.76. The average Bonchev–Trinajstić information content (AvgIpc) is 2.53. The molecule has 1 atom stereocenters. The van der Waals surface area contributed by atoms with Gasteiger partial charge < -0.3 is 4.74 Å². The van der Waals surface area contributed by atoms with Gasteiger partial charge in [0.2, 0.25) is 9.84 Å². The third-order valence-corrected chi connectivity index (χ3v) is 5.34. The second-order valence-electron chi connectivity index (χ2n) is 6.42. The molecule has 0 bridgehead atoms. The Kier molecular flexibility index (Phi) is 4.99. The minimum atomic E-state index is -4.80. The third-order valence-electron chi connectivity index (χ3n) is 3.30. The molecule has 0 saturated heterocycles. The van der Waals surface area contributed by atoms with E-state index in [1.807, 2.05) is 0 Å². The predicted molar refractivity (Wildman–Crippen MR) is 88.7 cm³/mol. The van der Waals surface area contributed by atoms with Crippen LogP contribution in [0.25, 0.3) is 0 Å². The van der Waals surface area contributed by atoms with Crippen LogP contribution in [0.5, 0.6) is 0 Å². The molecule has 0 amide bonds. The first kappa shape index (κ1) is 19.1. The Labute approximate surface area is 145 Å². The lowest BCUT2D eigenvalue weighted by Gasteiger charge is -2.28. The fourth-order valence-electron chi connectivity index (χ4n) is 2.15. The highest BCUT2D eigenvalue weighted by Crippen LogP contribution is 2.39. The third kappa shape index (κ3) is 3.71. The van der Waals surface area contributed by atoms with Crippen molar-refractivity contribution in [3.8, 4) is 0 Å². The van der Waals surface area contributed by atoms with Gasteiger partial charge in [-0.3, -0.25) is 0 Å². The van der Waals surface area contributed by atoms with Gasteiger partial charge in [-0.15, -0.1) is 0 Å². The Morgan fingerprint density at radius 2 is 1.48 bits per heavy atom. The smallest absolute Gasteiger partial charge is 0.365 e. The van der Waals surface area contributed by atoms with Gasteiger partial charge in [-0.2, -0.15) is 0 Å². The average molecular weight is 368 g/mol. The van der Waals surface area contributed by atoms with Gasteiger partial charge in [-0.1, -0.05) is 30.3 Å². The Balaban J connectivity index is 2.68. The van der Waals surface area contributed by atoms with Crippen molar-refractivity contribution in [3.63, 3.8) is 0 Å². The van der Waals surface area contributed by atoms with Crippen molar-refractivity contribution < 1.29 is 26.7 Å². The van der Waals surface area contributed by atoms with Crippen LogP contribution in [0.4, 0.5) is 8.78 Å². The van der Waals surface area contributed by atoms with Crippen LogP contribution in [-0.4, -0.2) is 20.0 Å². The lowest BCUT2D eigenvalue weighted by atomic mass is 10.1. The molecular formula is C18H18F2O4S. The molecule has 0 aromatic heterocycles. The molecule has 0 heterocycles. The van der Waals surface area contributed by atoms with Gasteiger partial charge >= 0.3 is 11.0 Å². The molecule has 0 aliphatic carbocycles. The number of carbonyl (C=O) groups is 1. The second kappa shape index (κ2) is 6.55. The number of esters is 1. The zero-order chi connectivity index (χ0) is 18.9. The number of hydrogen-bond acceptors (Lipinski definition) is 4. The Morgan fingerprint density at radius 1 is 0.960 bits per heavy atom. The first-order chi connectivity index (χ1) is 11.5. The molecule has 25 heavy (non-hydrogen) atoms. The summed E-state index contributed by atoms with van der Waals surface area (Å²) in [4.78, 5) is 12.1.